The van der Waals surface area contributed by atoms with Crippen molar-refractivity contribution < 1.29 is 4.39 Å². The van der Waals surface area contributed by atoms with Gasteiger partial charge in [-0.05, 0) is 45.1 Å². The molecule has 4 heteroatoms. The number of benzene rings is 1. The van der Waals surface area contributed by atoms with Gasteiger partial charge in [-0.25, -0.2) is 4.39 Å². The van der Waals surface area contributed by atoms with Crippen LogP contribution in [0, 0.1) is 11.7 Å². The highest BCUT2D eigenvalue weighted by Crippen LogP contribution is 2.25. The summed E-state index contributed by atoms with van der Waals surface area (Å²) in [4.78, 5) is 4.55. The van der Waals surface area contributed by atoms with Gasteiger partial charge in [-0.1, -0.05) is 6.07 Å². The van der Waals surface area contributed by atoms with E-state index in [2.05, 4.69) is 29.2 Å². The average Bonchev–Trinajstić information content (AvgIpc) is 2.77. The maximum atomic E-state index is 13.9. The fraction of sp³-hybridized carbons (Fsp3) is 0.600. The molecule has 0 aromatic heterocycles. The van der Waals surface area contributed by atoms with Crippen LogP contribution in [0.15, 0.2) is 18.2 Å². The zero-order valence-corrected chi connectivity index (χ0v) is 12.1. The lowest BCUT2D eigenvalue weighted by Gasteiger charge is -2.25. The Labute approximate surface area is 115 Å². The maximum Gasteiger partial charge on any atom is 0.129 e. The van der Waals surface area contributed by atoms with Gasteiger partial charge in [-0.2, -0.15) is 0 Å². The summed E-state index contributed by atoms with van der Waals surface area (Å²) in [7, 11) is 6.07. The van der Waals surface area contributed by atoms with Crippen molar-refractivity contribution in [3.05, 3.63) is 29.6 Å². The van der Waals surface area contributed by atoms with E-state index < -0.39 is 0 Å². The highest BCUT2D eigenvalue weighted by molar-refractivity contribution is 5.53. The number of hydrogen-bond acceptors (Lipinski definition) is 3. The molecule has 1 aromatic carbocycles. The molecule has 0 radical (unpaired) electrons. The summed E-state index contributed by atoms with van der Waals surface area (Å²) in [5.41, 5.74) is 1.77. The molecule has 1 fully saturated rings. The minimum atomic E-state index is -0.123. The Morgan fingerprint density at radius 3 is 2.89 bits per heavy atom. The Morgan fingerprint density at radius 1 is 1.47 bits per heavy atom. The Hall–Kier alpha value is -1.13. The monoisotopic (exact) mass is 265 g/mol. The van der Waals surface area contributed by atoms with Gasteiger partial charge >= 0.3 is 0 Å². The first-order valence-electron chi connectivity index (χ1n) is 6.93. The van der Waals surface area contributed by atoms with Crippen LogP contribution in [-0.4, -0.2) is 45.7 Å². The van der Waals surface area contributed by atoms with E-state index in [1.165, 1.54) is 19.0 Å². The Balaban J connectivity index is 2.09. The minimum absolute atomic E-state index is 0.123. The highest BCUT2D eigenvalue weighted by Gasteiger charge is 2.22. The third-order valence-electron chi connectivity index (χ3n) is 3.88. The molecule has 2 rings (SSSR count). The molecule has 1 aliphatic heterocycles. The molecule has 1 heterocycles. The van der Waals surface area contributed by atoms with Gasteiger partial charge in [0.2, 0.25) is 0 Å². The van der Waals surface area contributed by atoms with Crippen molar-refractivity contribution in [2.24, 2.45) is 5.92 Å². The lowest BCUT2D eigenvalue weighted by molar-refractivity contribution is 0.396. The second kappa shape index (κ2) is 6.35. The third kappa shape index (κ3) is 3.45. The van der Waals surface area contributed by atoms with Crippen molar-refractivity contribution in [1.29, 1.82) is 0 Å². The van der Waals surface area contributed by atoms with Gasteiger partial charge in [0.05, 0.1) is 0 Å². The van der Waals surface area contributed by atoms with Gasteiger partial charge in [0.25, 0.3) is 0 Å². The Kier molecular flexibility index (Phi) is 4.77. The van der Waals surface area contributed by atoms with Crippen molar-refractivity contribution in [3.8, 4) is 0 Å². The van der Waals surface area contributed by atoms with Crippen molar-refractivity contribution in [2.75, 3.05) is 45.7 Å². The lowest BCUT2D eigenvalue weighted by atomic mass is 10.1. The fourth-order valence-corrected chi connectivity index (χ4v) is 2.92. The van der Waals surface area contributed by atoms with Crippen molar-refractivity contribution in [1.82, 2.24) is 10.2 Å². The predicted octanol–water partition coefficient (Wildman–Crippen LogP) is 1.93. The van der Waals surface area contributed by atoms with Gasteiger partial charge < -0.3 is 15.1 Å². The van der Waals surface area contributed by atoms with Crippen molar-refractivity contribution >= 4 is 5.69 Å². The predicted molar refractivity (Wildman–Crippen MR) is 78.0 cm³/mol. The molecule has 0 spiro atoms. The highest BCUT2D eigenvalue weighted by atomic mass is 19.1. The van der Waals surface area contributed by atoms with E-state index in [4.69, 9.17) is 0 Å². The van der Waals surface area contributed by atoms with Crippen LogP contribution in [-0.2, 0) is 6.54 Å². The number of anilines is 1. The smallest absolute Gasteiger partial charge is 0.129 e. The molecule has 19 heavy (non-hydrogen) atoms. The molecule has 1 saturated heterocycles. The summed E-state index contributed by atoms with van der Waals surface area (Å²) >= 11 is 0. The summed E-state index contributed by atoms with van der Waals surface area (Å²) in [6, 6.07) is 5.34. The van der Waals surface area contributed by atoms with Gasteiger partial charge in [0, 0.05) is 37.9 Å². The number of rotatable bonds is 5. The molecule has 1 atom stereocenters. The largest absolute Gasteiger partial charge is 0.374 e. The molecule has 3 nitrogen and oxygen atoms in total. The molecule has 0 saturated carbocycles. The molecule has 106 valence electrons. The lowest BCUT2D eigenvalue weighted by Crippen LogP contribution is -2.28. The average molecular weight is 265 g/mol. The van der Waals surface area contributed by atoms with Crippen LogP contribution in [0.4, 0.5) is 10.1 Å². The van der Waals surface area contributed by atoms with E-state index in [1.807, 2.05) is 13.1 Å². The van der Waals surface area contributed by atoms with Crippen molar-refractivity contribution in [3.63, 3.8) is 0 Å². The molecule has 1 N–H and O–H groups in total. The third-order valence-corrected chi connectivity index (χ3v) is 3.88. The number of likely N-dealkylation sites (tertiary alicyclic amines) is 1. The second-order valence-electron chi connectivity index (χ2n) is 5.57. The van der Waals surface area contributed by atoms with E-state index in [1.54, 1.807) is 6.07 Å². The van der Waals surface area contributed by atoms with Gasteiger partial charge in [-0.15, -0.1) is 0 Å². The number of hydrogen-bond donors (Lipinski definition) is 1. The molecule has 1 aliphatic rings. The topological polar surface area (TPSA) is 18.5 Å². The van der Waals surface area contributed by atoms with Crippen molar-refractivity contribution in [2.45, 2.75) is 13.0 Å². The SMILES string of the molecule is CNCc1c(F)cccc1N(C)CC1CCN(C)C1. The normalized spacial score (nSPS) is 19.9. The van der Waals surface area contributed by atoms with E-state index in [0.717, 1.165) is 24.3 Å². The zero-order valence-electron chi connectivity index (χ0n) is 12.1. The van der Waals surface area contributed by atoms with Crippen LogP contribution in [0.5, 0.6) is 0 Å². The fourth-order valence-electron chi connectivity index (χ4n) is 2.92. The number of nitrogens with one attached hydrogen (secondary N) is 1. The van der Waals surface area contributed by atoms with Crippen LogP contribution in [0.1, 0.15) is 12.0 Å². The van der Waals surface area contributed by atoms with E-state index in [-0.39, 0.29) is 5.82 Å². The first-order chi connectivity index (χ1) is 9.11. The van der Waals surface area contributed by atoms with Crippen LogP contribution in [0.25, 0.3) is 0 Å². The molecule has 1 aromatic rings. The van der Waals surface area contributed by atoms with E-state index >= 15 is 0 Å². The standard InChI is InChI=1S/C15H24FN3/c1-17-9-13-14(16)5-4-6-15(13)19(3)11-12-7-8-18(2)10-12/h4-6,12,17H,7-11H2,1-3H3. The molecule has 1 unspecified atom stereocenters. The van der Waals surface area contributed by atoms with E-state index in [0.29, 0.717) is 12.5 Å². The minimum Gasteiger partial charge on any atom is -0.374 e. The van der Waals surface area contributed by atoms with Crippen LogP contribution < -0.4 is 10.2 Å². The molecule has 0 bridgehead atoms. The van der Waals surface area contributed by atoms with E-state index in [9.17, 15) is 4.39 Å². The Morgan fingerprint density at radius 2 is 2.26 bits per heavy atom. The maximum absolute atomic E-state index is 13.9. The van der Waals surface area contributed by atoms with Crippen LogP contribution in [0.2, 0.25) is 0 Å². The van der Waals surface area contributed by atoms with Crippen LogP contribution in [0.3, 0.4) is 0 Å². The molecule has 0 aliphatic carbocycles. The molecular formula is C15H24FN3. The second-order valence-corrected chi connectivity index (χ2v) is 5.57. The number of halogens is 1. The van der Waals surface area contributed by atoms with Gasteiger partial charge in [-0.3, -0.25) is 0 Å². The summed E-state index contributed by atoms with van der Waals surface area (Å²) < 4.78 is 13.9. The summed E-state index contributed by atoms with van der Waals surface area (Å²) in [6.45, 7) is 3.87. The summed E-state index contributed by atoms with van der Waals surface area (Å²) in [6.07, 6.45) is 1.23. The quantitative estimate of drug-likeness (QED) is 0.877. The first-order valence-corrected chi connectivity index (χ1v) is 6.93. The van der Waals surface area contributed by atoms with Crippen LogP contribution >= 0.6 is 0 Å². The summed E-state index contributed by atoms with van der Waals surface area (Å²) in [5.74, 6) is 0.558. The Bertz CT molecular complexity index is 422. The number of nitrogens with zero attached hydrogens (tertiary/aromatic N) is 2. The van der Waals surface area contributed by atoms with Gasteiger partial charge in [0.1, 0.15) is 5.82 Å². The summed E-state index contributed by atoms with van der Waals surface area (Å²) in [5, 5.41) is 3.05. The first kappa shape index (κ1) is 14.3. The molecular weight excluding hydrogens is 241 g/mol. The zero-order chi connectivity index (χ0) is 13.8. The van der Waals surface area contributed by atoms with Gasteiger partial charge in [0.15, 0.2) is 0 Å². The molecule has 0 amide bonds.